The highest BCUT2D eigenvalue weighted by molar-refractivity contribution is 7.91. The quantitative estimate of drug-likeness (QED) is 0.659. The van der Waals surface area contributed by atoms with E-state index in [0.29, 0.717) is 10.2 Å². The van der Waals surface area contributed by atoms with Crippen LogP contribution in [0, 0.1) is 0 Å². The number of thiophene rings is 1. The molecule has 1 amide bonds. The van der Waals surface area contributed by atoms with Gasteiger partial charge in [0, 0.05) is 10.6 Å². The van der Waals surface area contributed by atoms with Crippen LogP contribution >= 0.6 is 11.3 Å². The fourth-order valence-electron chi connectivity index (χ4n) is 3.32. The van der Waals surface area contributed by atoms with Crippen molar-refractivity contribution >= 4 is 43.0 Å². The van der Waals surface area contributed by atoms with Gasteiger partial charge in [-0.15, -0.1) is 11.3 Å². The van der Waals surface area contributed by atoms with Crippen molar-refractivity contribution in [3.05, 3.63) is 51.4 Å². The number of hydrogen-bond donors (Lipinski definition) is 1. The van der Waals surface area contributed by atoms with Crippen molar-refractivity contribution in [2.24, 2.45) is 0 Å². The van der Waals surface area contributed by atoms with Crippen LogP contribution in [0.15, 0.2) is 40.3 Å². The Labute approximate surface area is 167 Å². The molecule has 2 aromatic heterocycles. The van der Waals surface area contributed by atoms with Crippen molar-refractivity contribution in [1.29, 1.82) is 0 Å². The standard InChI is InChI=1S/C18H15F2N3O4S2/c19-18(20)29(26,27)11-6-4-10(5-7-11)22-14(24)8-23-9-21-16-15(17(23)25)12-2-1-3-13(12)28-16/h4-7,9,18H,1-3,8H2,(H,22,24). The zero-order valence-electron chi connectivity index (χ0n) is 14.9. The summed E-state index contributed by atoms with van der Waals surface area (Å²) in [6.07, 6.45) is 4.10. The highest BCUT2D eigenvalue weighted by atomic mass is 32.2. The Bertz CT molecular complexity index is 1260. The fourth-order valence-corrected chi connectivity index (χ4v) is 5.26. The number of nitrogens with one attached hydrogen (secondary N) is 1. The van der Waals surface area contributed by atoms with Gasteiger partial charge in [-0.2, -0.15) is 8.78 Å². The van der Waals surface area contributed by atoms with Crippen molar-refractivity contribution in [1.82, 2.24) is 9.55 Å². The maximum absolute atomic E-state index is 12.8. The molecular formula is C18H15F2N3O4S2. The molecule has 0 aliphatic heterocycles. The van der Waals surface area contributed by atoms with Crippen LogP contribution in [0.1, 0.15) is 16.9 Å². The summed E-state index contributed by atoms with van der Waals surface area (Å²) >= 11 is 1.51. The SMILES string of the molecule is O=C(Cn1cnc2sc3c(c2c1=O)CCC3)Nc1ccc(S(=O)(=O)C(F)F)cc1. The average molecular weight is 439 g/mol. The van der Waals surface area contributed by atoms with Crippen molar-refractivity contribution in [3.8, 4) is 0 Å². The lowest BCUT2D eigenvalue weighted by molar-refractivity contribution is -0.116. The van der Waals surface area contributed by atoms with Gasteiger partial charge in [-0.25, -0.2) is 13.4 Å². The Morgan fingerprint density at radius 1 is 1.24 bits per heavy atom. The number of aryl methyl sites for hydroxylation is 2. The molecule has 0 saturated heterocycles. The Kier molecular flexibility index (Phi) is 4.95. The molecule has 1 N–H and O–H groups in total. The minimum atomic E-state index is -4.70. The summed E-state index contributed by atoms with van der Waals surface area (Å²) in [4.78, 5) is 30.7. The number of carbonyl (C=O) groups excluding carboxylic acids is 1. The van der Waals surface area contributed by atoms with Crippen molar-refractivity contribution < 1.29 is 22.0 Å². The molecular weight excluding hydrogens is 424 g/mol. The first-order chi connectivity index (χ1) is 13.8. The number of hydrogen-bond acceptors (Lipinski definition) is 6. The van der Waals surface area contributed by atoms with Crippen LogP contribution < -0.4 is 10.9 Å². The van der Waals surface area contributed by atoms with E-state index in [1.165, 1.54) is 39.2 Å². The van der Waals surface area contributed by atoms with Crippen LogP contribution in [0.5, 0.6) is 0 Å². The van der Waals surface area contributed by atoms with Crippen LogP contribution in [-0.4, -0.2) is 29.6 Å². The van der Waals surface area contributed by atoms with Crippen LogP contribution in [0.25, 0.3) is 10.2 Å². The summed E-state index contributed by atoms with van der Waals surface area (Å²) in [6, 6.07) is 4.41. The van der Waals surface area contributed by atoms with Crippen LogP contribution in [0.3, 0.4) is 0 Å². The van der Waals surface area contributed by atoms with Gasteiger partial charge in [0.15, 0.2) is 0 Å². The summed E-state index contributed by atoms with van der Waals surface area (Å²) in [6.45, 7) is -0.274. The van der Waals surface area contributed by atoms with Gasteiger partial charge in [0.2, 0.25) is 15.7 Å². The molecule has 0 atom stereocenters. The molecule has 0 saturated carbocycles. The number of aromatic nitrogens is 2. The highest BCUT2D eigenvalue weighted by Crippen LogP contribution is 2.34. The molecule has 7 nitrogen and oxygen atoms in total. The van der Waals surface area contributed by atoms with Crippen LogP contribution in [-0.2, 0) is 34.0 Å². The minimum absolute atomic E-state index is 0.224. The van der Waals surface area contributed by atoms with E-state index >= 15 is 0 Å². The predicted octanol–water partition coefficient (Wildman–Crippen LogP) is 2.58. The fraction of sp³-hybridized carbons (Fsp3) is 0.278. The lowest BCUT2D eigenvalue weighted by atomic mass is 10.2. The Morgan fingerprint density at radius 3 is 2.66 bits per heavy atom. The third-order valence-electron chi connectivity index (χ3n) is 4.71. The molecule has 11 heteroatoms. The minimum Gasteiger partial charge on any atom is -0.325 e. The molecule has 1 aliphatic carbocycles. The summed E-state index contributed by atoms with van der Waals surface area (Å²) < 4.78 is 49.2. The average Bonchev–Trinajstić information content (AvgIpc) is 3.25. The lowest BCUT2D eigenvalue weighted by Crippen LogP contribution is -2.28. The molecule has 0 radical (unpaired) electrons. The van der Waals surface area contributed by atoms with E-state index in [1.54, 1.807) is 0 Å². The summed E-state index contributed by atoms with van der Waals surface area (Å²) in [5, 5.41) is 3.08. The Hall–Kier alpha value is -2.66. The Balaban J connectivity index is 1.52. The molecule has 0 fully saturated rings. The number of sulfone groups is 1. The molecule has 3 aromatic rings. The number of nitrogens with zero attached hydrogens (tertiary/aromatic N) is 2. The van der Waals surface area contributed by atoms with E-state index in [1.807, 2.05) is 0 Å². The van der Waals surface area contributed by atoms with Crippen molar-refractivity contribution in [2.75, 3.05) is 5.32 Å². The van der Waals surface area contributed by atoms with E-state index in [4.69, 9.17) is 0 Å². The third kappa shape index (κ3) is 3.55. The first kappa shape index (κ1) is 19.6. The van der Waals surface area contributed by atoms with Gasteiger partial charge in [0.05, 0.1) is 16.6 Å². The van der Waals surface area contributed by atoms with Gasteiger partial charge in [-0.3, -0.25) is 14.2 Å². The smallest absolute Gasteiger partial charge is 0.325 e. The number of carbonyl (C=O) groups is 1. The topological polar surface area (TPSA) is 98.1 Å². The number of amides is 1. The molecule has 29 heavy (non-hydrogen) atoms. The zero-order valence-corrected chi connectivity index (χ0v) is 16.5. The third-order valence-corrected chi connectivity index (χ3v) is 7.31. The molecule has 4 rings (SSSR count). The van der Waals surface area contributed by atoms with Gasteiger partial charge < -0.3 is 5.32 Å². The number of fused-ring (bicyclic) bond motifs is 3. The molecule has 0 spiro atoms. The second-order valence-electron chi connectivity index (χ2n) is 6.59. The number of benzene rings is 1. The number of rotatable bonds is 5. The summed E-state index contributed by atoms with van der Waals surface area (Å²) in [7, 11) is -4.70. The Morgan fingerprint density at radius 2 is 1.97 bits per heavy atom. The van der Waals surface area contributed by atoms with E-state index in [2.05, 4.69) is 10.3 Å². The summed E-state index contributed by atoms with van der Waals surface area (Å²) in [5.41, 5.74) is 0.970. The van der Waals surface area contributed by atoms with E-state index in [0.717, 1.165) is 37.0 Å². The van der Waals surface area contributed by atoms with Crippen LogP contribution in [0.2, 0.25) is 0 Å². The normalized spacial score (nSPS) is 13.8. The van der Waals surface area contributed by atoms with Crippen LogP contribution in [0.4, 0.5) is 14.5 Å². The van der Waals surface area contributed by atoms with E-state index in [-0.39, 0.29) is 17.8 Å². The van der Waals surface area contributed by atoms with E-state index < -0.39 is 26.4 Å². The largest absolute Gasteiger partial charge is 0.341 e. The van der Waals surface area contributed by atoms with Crippen molar-refractivity contribution in [2.45, 2.75) is 36.5 Å². The highest BCUT2D eigenvalue weighted by Gasteiger charge is 2.26. The maximum Gasteiger partial charge on any atom is 0.341 e. The molecule has 152 valence electrons. The van der Waals surface area contributed by atoms with Crippen molar-refractivity contribution in [3.63, 3.8) is 0 Å². The van der Waals surface area contributed by atoms with Gasteiger partial charge in [0.25, 0.3) is 5.56 Å². The van der Waals surface area contributed by atoms with Gasteiger partial charge >= 0.3 is 5.76 Å². The molecule has 0 bridgehead atoms. The monoisotopic (exact) mass is 439 g/mol. The number of anilines is 1. The van der Waals surface area contributed by atoms with Gasteiger partial charge in [-0.05, 0) is 49.1 Å². The first-order valence-corrected chi connectivity index (χ1v) is 11.1. The zero-order chi connectivity index (χ0) is 20.8. The number of halogens is 2. The maximum atomic E-state index is 12.8. The lowest BCUT2D eigenvalue weighted by Gasteiger charge is -2.09. The number of alkyl halides is 2. The molecule has 0 unspecified atom stereocenters. The van der Waals surface area contributed by atoms with Gasteiger partial charge in [-0.1, -0.05) is 0 Å². The second-order valence-corrected chi connectivity index (χ2v) is 9.59. The molecule has 2 heterocycles. The van der Waals surface area contributed by atoms with E-state index in [9.17, 15) is 26.8 Å². The van der Waals surface area contributed by atoms with Gasteiger partial charge in [0.1, 0.15) is 11.4 Å². The summed E-state index contributed by atoms with van der Waals surface area (Å²) in [5.74, 6) is -4.04. The molecule has 1 aromatic carbocycles. The molecule has 1 aliphatic rings. The second kappa shape index (κ2) is 7.30. The first-order valence-electron chi connectivity index (χ1n) is 8.69. The predicted molar refractivity (Wildman–Crippen MR) is 104 cm³/mol.